The van der Waals surface area contributed by atoms with Gasteiger partial charge in [-0.15, -0.1) is 0 Å². The number of ether oxygens (including phenoxy) is 3. The predicted octanol–water partition coefficient (Wildman–Crippen LogP) is 5.55. The van der Waals surface area contributed by atoms with Gasteiger partial charge in [0.2, 0.25) is 0 Å². The average molecular weight is 567 g/mol. The van der Waals surface area contributed by atoms with Crippen molar-refractivity contribution in [3.8, 4) is 23.0 Å². The fraction of sp³-hybridized carbons (Fsp3) is 0.515. The van der Waals surface area contributed by atoms with E-state index in [0.29, 0.717) is 30.3 Å². The monoisotopic (exact) mass is 566 g/mol. The molecule has 222 valence electrons. The number of Topliss-reactive ketones (excluding diaryl/α,β-unsaturated/α-hetero) is 1. The van der Waals surface area contributed by atoms with Crippen LogP contribution in [0.2, 0.25) is 0 Å². The molecule has 1 fully saturated rings. The highest BCUT2D eigenvalue weighted by molar-refractivity contribution is 5.81. The maximum atomic E-state index is 13.7. The molecule has 8 nitrogen and oxygen atoms in total. The standard InChI is InChI=1S/C33H42O8/c1-20(35)41-26(10-5-21-6-11-30(37)32(15-21)39-2)17-25(36)18-29-27-14-22(12-13-34)4-7-23(27)8-9-24-16-31(38)33(40-3)19-28(24)29/h6,8-9,11,15-16,19,22-23,26-27,29,34,37-38H,4-5,7,10,12-14,17-18H2,1-3H3/t22-,23+,26+,27-,29+/m0/s1. The third-order valence-corrected chi connectivity index (χ3v) is 8.66. The van der Waals surface area contributed by atoms with Gasteiger partial charge in [0.15, 0.2) is 23.0 Å². The average Bonchev–Trinajstić information content (AvgIpc) is 3.08. The van der Waals surface area contributed by atoms with Crippen LogP contribution in [0.4, 0.5) is 0 Å². The molecule has 5 atom stereocenters. The van der Waals surface area contributed by atoms with Gasteiger partial charge in [0, 0.05) is 26.4 Å². The fourth-order valence-electron chi connectivity index (χ4n) is 6.64. The number of hydrogen-bond donors (Lipinski definition) is 3. The first-order valence-electron chi connectivity index (χ1n) is 14.5. The summed E-state index contributed by atoms with van der Waals surface area (Å²) in [6.07, 6.45) is 8.73. The molecule has 2 aromatic carbocycles. The molecule has 0 aromatic heterocycles. The maximum absolute atomic E-state index is 13.7. The van der Waals surface area contributed by atoms with Crippen LogP contribution in [0.25, 0.3) is 6.08 Å². The summed E-state index contributed by atoms with van der Waals surface area (Å²) >= 11 is 0. The molecule has 0 radical (unpaired) electrons. The van der Waals surface area contributed by atoms with Gasteiger partial charge in [0.25, 0.3) is 0 Å². The van der Waals surface area contributed by atoms with E-state index < -0.39 is 12.1 Å². The van der Waals surface area contributed by atoms with E-state index in [1.54, 1.807) is 24.3 Å². The molecular weight excluding hydrogens is 524 g/mol. The number of methoxy groups -OCH3 is 2. The van der Waals surface area contributed by atoms with Gasteiger partial charge in [-0.1, -0.05) is 18.2 Å². The Labute approximate surface area is 241 Å². The molecule has 0 heterocycles. The molecule has 2 aliphatic rings. The first kappa shape index (κ1) is 30.4. The molecule has 2 aromatic rings. The summed E-state index contributed by atoms with van der Waals surface area (Å²) in [6, 6.07) is 8.65. The van der Waals surface area contributed by atoms with Crippen LogP contribution in [-0.4, -0.2) is 54.0 Å². The third kappa shape index (κ3) is 7.61. The minimum atomic E-state index is -0.582. The summed E-state index contributed by atoms with van der Waals surface area (Å²) in [7, 11) is 3.00. The Balaban J connectivity index is 1.56. The number of aromatic hydroxyl groups is 2. The van der Waals surface area contributed by atoms with Crippen LogP contribution in [0.1, 0.15) is 74.5 Å². The topological polar surface area (TPSA) is 123 Å². The van der Waals surface area contributed by atoms with Gasteiger partial charge >= 0.3 is 5.97 Å². The van der Waals surface area contributed by atoms with Crippen LogP contribution in [-0.2, 0) is 20.7 Å². The molecule has 0 spiro atoms. The van der Waals surface area contributed by atoms with E-state index in [1.807, 2.05) is 6.07 Å². The zero-order chi connectivity index (χ0) is 29.5. The van der Waals surface area contributed by atoms with Crippen LogP contribution in [0.15, 0.2) is 36.4 Å². The number of esters is 1. The molecule has 3 N–H and O–H groups in total. The number of phenols is 2. The Bertz CT molecular complexity index is 1250. The maximum Gasteiger partial charge on any atom is 0.302 e. The number of aliphatic hydroxyl groups excluding tert-OH is 1. The molecule has 1 saturated carbocycles. The van der Waals surface area contributed by atoms with Gasteiger partial charge in [-0.25, -0.2) is 0 Å². The Hall–Kier alpha value is -3.52. The number of rotatable bonds is 12. The van der Waals surface area contributed by atoms with E-state index >= 15 is 0 Å². The Morgan fingerprint density at radius 2 is 1.78 bits per heavy atom. The molecule has 4 rings (SSSR count). The zero-order valence-corrected chi connectivity index (χ0v) is 24.2. The lowest BCUT2D eigenvalue weighted by Gasteiger charge is -2.39. The molecule has 0 unspecified atom stereocenters. The predicted molar refractivity (Wildman–Crippen MR) is 155 cm³/mol. The summed E-state index contributed by atoms with van der Waals surface area (Å²) in [4.78, 5) is 25.6. The van der Waals surface area contributed by atoms with Crippen molar-refractivity contribution < 1.29 is 39.1 Å². The summed E-state index contributed by atoms with van der Waals surface area (Å²) in [5.41, 5.74) is 2.76. The van der Waals surface area contributed by atoms with Gasteiger partial charge in [-0.2, -0.15) is 0 Å². The molecule has 0 bridgehead atoms. The van der Waals surface area contributed by atoms with Crippen LogP contribution < -0.4 is 9.47 Å². The van der Waals surface area contributed by atoms with Crippen molar-refractivity contribution in [2.75, 3.05) is 20.8 Å². The zero-order valence-electron chi connectivity index (χ0n) is 24.2. The largest absolute Gasteiger partial charge is 0.504 e. The summed E-state index contributed by atoms with van der Waals surface area (Å²) in [5, 5.41) is 30.0. The lowest BCUT2D eigenvalue weighted by molar-refractivity contribution is -0.147. The van der Waals surface area contributed by atoms with Gasteiger partial charge in [0.05, 0.1) is 14.2 Å². The number of aryl methyl sites for hydroxylation is 1. The van der Waals surface area contributed by atoms with Gasteiger partial charge in [0.1, 0.15) is 11.9 Å². The van der Waals surface area contributed by atoms with Crippen molar-refractivity contribution >= 4 is 17.8 Å². The second-order valence-corrected chi connectivity index (χ2v) is 11.4. The van der Waals surface area contributed by atoms with Crippen molar-refractivity contribution in [3.63, 3.8) is 0 Å². The summed E-state index contributed by atoms with van der Waals surface area (Å²) in [5.74, 6) is 1.20. The smallest absolute Gasteiger partial charge is 0.302 e. The van der Waals surface area contributed by atoms with E-state index in [-0.39, 0.29) is 54.5 Å². The number of carbonyl (C=O) groups is 2. The summed E-state index contributed by atoms with van der Waals surface area (Å²) < 4.78 is 16.2. The Kier molecular flexibility index (Phi) is 10.3. The van der Waals surface area contributed by atoms with Gasteiger partial charge in [-0.05, 0) is 103 Å². The molecule has 41 heavy (non-hydrogen) atoms. The SMILES string of the molecule is COc1cc(CC[C@H](CC(=O)C[C@H]2c3cc(OC)c(O)cc3C=C[C@H]3CC[C@@H](CCO)C[C@@H]32)OC(C)=O)ccc1O. The number of hydrogen-bond acceptors (Lipinski definition) is 8. The number of allylic oxidation sites excluding steroid dienone is 1. The lowest BCUT2D eigenvalue weighted by Crippen LogP contribution is -2.31. The number of ketones is 1. The van der Waals surface area contributed by atoms with Crippen molar-refractivity contribution in [2.45, 2.75) is 70.3 Å². The second-order valence-electron chi connectivity index (χ2n) is 11.4. The molecule has 0 saturated heterocycles. The first-order chi connectivity index (χ1) is 19.7. The van der Waals surface area contributed by atoms with Crippen molar-refractivity contribution in [2.24, 2.45) is 17.8 Å². The van der Waals surface area contributed by atoms with Gasteiger partial charge in [-0.3, -0.25) is 9.59 Å². The van der Waals surface area contributed by atoms with E-state index in [1.165, 1.54) is 21.1 Å². The van der Waals surface area contributed by atoms with E-state index in [2.05, 4.69) is 12.2 Å². The van der Waals surface area contributed by atoms with Crippen LogP contribution in [0.5, 0.6) is 23.0 Å². The van der Waals surface area contributed by atoms with E-state index in [4.69, 9.17) is 14.2 Å². The molecule has 0 aliphatic heterocycles. The quantitative estimate of drug-likeness (QED) is 0.286. The molecule has 8 heteroatoms. The van der Waals surface area contributed by atoms with Crippen molar-refractivity contribution in [1.29, 1.82) is 0 Å². The minimum absolute atomic E-state index is 0.00691. The van der Waals surface area contributed by atoms with Crippen LogP contribution in [0, 0.1) is 17.8 Å². The highest BCUT2D eigenvalue weighted by atomic mass is 16.5. The highest BCUT2D eigenvalue weighted by Gasteiger charge is 2.38. The lowest BCUT2D eigenvalue weighted by atomic mass is 9.65. The van der Waals surface area contributed by atoms with Crippen LogP contribution >= 0.6 is 0 Å². The Morgan fingerprint density at radius 1 is 1.02 bits per heavy atom. The summed E-state index contributed by atoms with van der Waals surface area (Å²) in [6.45, 7) is 1.50. The second kappa shape index (κ2) is 13.9. The molecule has 0 amide bonds. The number of aliphatic hydroxyl groups is 1. The van der Waals surface area contributed by atoms with Crippen molar-refractivity contribution in [3.05, 3.63) is 53.1 Å². The van der Waals surface area contributed by atoms with E-state index in [0.717, 1.165) is 42.4 Å². The van der Waals surface area contributed by atoms with Crippen molar-refractivity contribution in [1.82, 2.24) is 0 Å². The number of carbonyl (C=O) groups excluding carboxylic acids is 2. The van der Waals surface area contributed by atoms with E-state index in [9.17, 15) is 24.9 Å². The normalized spacial score (nSPS) is 22.1. The molecular formula is C33H42O8. The third-order valence-electron chi connectivity index (χ3n) is 8.66. The van der Waals surface area contributed by atoms with Gasteiger partial charge < -0.3 is 29.5 Å². The minimum Gasteiger partial charge on any atom is -0.504 e. The highest BCUT2D eigenvalue weighted by Crippen LogP contribution is 2.50. The number of phenolic OH excluding ortho intramolecular Hbond substituents is 2. The Morgan fingerprint density at radius 3 is 2.49 bits per heavy atom. The number of benzene rings is 2. The van der Waals surface area contributed by atoms with Crippen LogP contribution in [0.3, 0.4) is 0 Å². The fourth-order valence-corrected chi connectivity index (χ4v) is 6.64. The number of fused-ring (bicyclic) bond motifs is 2. The molecule has 2 aliphatic carbocycles. The first-order valence-corrected chi connectivity index (χ1v) is 14.5.